The summed E-state index contributed by atoms with van der Waals surface area (Å²) < 4.78 is 6.14. The van der Waals surface area contributed by atoms with E-state index in [1.54, 1.807) is 18.2 Å². The molecule has 1 rings (SSSR count). The molecule has 18 heavy (non-hydrogen) atoms. The first-order valence-corrected chi connectivity index (χ1v) is 6.63. The van der Waals surface area contributed by atoms with Crippen LogP contribution in [0.1, 0.15) is 31.1 Å². The van der Waals surface area contributed by atoms with Crippen LogP contribution in [-0.2, 0) is 4.74 Å². The molecule has 0 heterocycles. The van der Waals surface area contributed by atoms with Crippen molar-refractivity contribution in [2.75, 3.05) is 18.9 Å². The molecule has 0 saturated carbocycles. The molecule has 0 atom stereocenters. The molecule has 0 spiro atoms. The summed E-state index contributed by atoms with van der Waals surface area (Å²) in [6.45, 7) is 6.86. The van der Waals surface area contributed by atoms with Gasteiger partial charge in [-0.25, -0.2) is 0 Å². The van der Waals surface area contributed by atoms with Gasteiger partial charge in [-0.05, 0) is 48.8 Å². The number of carbonyl (C=O) groups is 1. The molecule has 0 aliphatic carbocycles. The first kappa shape index (κ1) is 15.0. The Labute approximate surface area is 116 Å². The number of nitrogens with two attached hydrogens (primary N) is 1. The van der Waals surface area contributed by atoms with Crippen molar-refractivity contribution in [3.05, 3.63) is 28.2 Å². The Morgan fingerprint density at radius 2 is 2.17 bits per heavy atom. The number of hydrogen-bond donors (Lipinski definition) is 2. The van der Waals surface area contributed by atoms with Gasteiger partial charge in [0, 0.05) is 18.8 Å². The minimum absolute atomic E-state index is 0.165. The maximum atomic E-state index is 12.0. The third kappa shape index (κ3) is 3.99. The first-order valence-electron chi connectivity index (χ1n) is 5.83. The fourth-order valence-electron chi connectivity index (χ4n) is 1.56. The van der Waals surface area contributed by atoms with E-state index in [0.717, 1.165) is 0 Å². The summed E-state index contributed by atoms with van der Waals surface area (Å²) in [5.41, 5.74) is 6.44. The number of anilines is 1. The lowest BCUT2D eigenvalue weighted by atomic mass is 10.1. The van der Waals surface area contributed by atoms with Crippen LogP contribution >= 0.6 is 15.9 Å². The van der Waals surface area contributed by atoms with Gasteiger partial charge in [0.15, 0.2) is 0 Å². The van der Waals surface area contributed by atoms with Gasteiger partial charge in [0.25, 0.3) is 5.91 Å². The van der Waals surface area contributed by atoms with Crippen LogP contribution in [-0.4, -0.2) is 24.7 Å². The number of halogens is 1. The van der Waals surface area contributed by atoms with E-state index in [1.807, 2.05) is 20.8 Å². The first-order chi connectivity index (χ1) is 8.37. The molecule has 0 radical (unpaired) electrons. The van der Waals surface area contributed by atoms with Gasteiger partial charge in [-0.2, -0.15) is 0 Å². The number of rotatable bonds is 5. The monoisotopic (exact) mass is 314 g/mol. The van der Waals surface area contributed by atoms with E-state index in [-0.39, 0.29) is 11.5 Å². The van der Waals surface area contributed by atoms with Crippen LogP contribution in [0.25, 0.3) is 0 Å². The van der Waals surface area contributed by atoms with E-state index in [0.29, 0.717) is 28.9 Å². The SMILES string of the molecule is CCOC(C)(C)CNC(=O)c1cccc(N)c1Br. The number of nitrogen functional groups attached to an aromatic ring is 1. The highest BCUT2D eigenvalue weighted by molar-refractivity contribution is 9.10. The van der Waals surface area contributed by atoms with Crippen LogP contribution in [0.5, 0.6) is 0 Å². The highest BCUT2D eigenvalue weighted by Crippen LogP contribution is 2.23. The Kier molecular flexibility index (Phi) is 5.16. The van der Waals surface area contributed by atoms with Gasteiger partial charge in [-0.1, -0.05) is 6.07 Å². The summed E-state index contributed by atoms with van der Waals surface area (Å²) in [6, 6.07) is 5.22. The Balaban J connectivity index is 2.69. The molecule has 1 aromatic rings. The molecule has 1 amide bonds. The Morgan fingerprint density at radius 1 is 1.50 bits per heavy atom. The van der Waals surface area contributed by atoms with Gasteiger partial charge in [0.2, 0.25) is 0 Å². The summed E-state index contributed by atoms with van der Waals surface area (Å²) in [5.74, 6) is -0.165. The van der Waals surface area contributed by atoms with Gasteiger partial charge < -0.3 is 15.8 Å². The lowest BCUT2D eigenvalue weighted by molar-refractivity contribution is -0.00815. The zero-order valence-electron chi connectivity index (χ0n) is 10.9. The summed E-state index contributed by atoms with van der Waals surface area (Å²) >= 11 is 3.31. The maximum Gasteiger partial charge on any atom is 0.252 e. The number of ether oxygens (including phenoxy) is 1. The second-order valence-electron chi connectivity index (χ2n) is 4.58. The van der Waals surface area contributed by atoms with Crippen molar-refractivity contribution in [3.8, 4) is 0 Å². The van der Waals surface area contributed by atoms with Crippen LogP contribution in [0.15, 0.2) is 22.7 Å². The van der Waals surface area contributed by atoms with Crippen molar-refractivity contribution < 1.29 is 9.53 Å². The zero-order chi connectivity index (χ0) is 13.8. The van der Waals surface area contributed by atoms with Crippen molar-refractivity contribution in [2.24, 2.45) is 0 Å². The molecule has 0 aromatic heterocycles. The lowest BCUT2D eigenvalue weighted by Gasteiger charge is -2.25. The quantitative estimate of drug-likeness (QED) is 0.821. The molecule has 100 valence electrons. The summed E-state index contributed by atoms with van der Waals surface area (Å²) in [5, 5.41) is 2.84. The summed E-state index contributed by atoms with van der Waals surface area (Å²) in [4.78, 5) is 12.0. The molecule has 5 heteroatoms. The number of hydrogen-bond acceptors (Lipinski definition) is 3. The minimum Gasteiger partial charge on any atom is -0.398 e. The lowest BCUT2D eigenvalue weighted by Crippen LogP contribution is -2.40. The van der Waals surface area contributed by atoms with Crippen molar-refractivity contribution >= 4 is 27.5 Å². The molecule has 4 nitrogen and oxygen atoms in total. The minimum atomic E-state index is -0.378. The molecule has 1 aromatic carbocycles. The fraction of sp³-hybridized carbons (Fsp3) is 0.462. The topological polar surface area (TPSA) is 64.3 Å². The van der Waals surface area contributed by atoms with E-state index < -0.39 is 0 Å². The van der Waals surface area contributed by atoms with Crippen LogP contribution in [0.2, 0.25) is 0 Å². The van der Waals surface area contributed by atoms with Gasteiger partial charge in [0.1, 0.15) is 0 Å². The third-order valence-electron chi connectivity index (χ3n) is 2.48. The second-order valence-corrected chi connectivity index (χ2v) is 5.38. The maximum absolute atomic E-state index is 12.0. The van der Waals surface area contributed by atoms with Gasteiger partial charge >= 0.3 is 0 Å². The molecule has 0 fully saturated rings. The number of nitrogens with one attached hydrogen (secondary N) is 1. The van der Waals surface area contributed by atoms with Crippen LogP contribution in [0, 0.1) is 0 Å². The molecular formula is C13H19BrN2O2. The Bertz CT molecular complexity index is 433. The fourth-order valence-corrected chi connectivity index (χ4v) is 2.00. The van der Waals surface area contributed by atoms with Crippen molar-refractivity contribution in [1.29, 1.82) is 0 Å². The summed E-state index contributed by atoms with van der Waals surface area (Å²) in [6.07, 6.45) is 0. The predicted octanol–water partition coefficient (Wildman–Crippen LogP) is 2.58. The van der Waals surface area contributed by atoms with Crippen molar-refractivity contribution in [1.82, 2.24) is 5.32 Å². The largest absolute Gasteiger partial charge is 0.398 e. The average molecular weight is 315 g/mol. The van der Waals surface area contributed by atoms with E-state index in [2.05, 4.69) is 21.2 Å². The molecule has 0 saturated heterocycles. The summed E-state index contributed by atoms with van der Waals surface area (Å²) in [7, 11) is 0. The van der Waals surface area contributed by atoms with E-state index >= 15 is 0 Å². The average Bonchev–Trinajstić information content (AvgIpc) is 2.30. The predicted molar refractivity (Wildman–Crippen MR) is 76.6 cm³/mol. The van der Waals surface area contributed by atoms with Crippen molar-refractivity contribution in [2.45, 2.75) is 26.4 Å². The molecule has 0 aliphatic rings. The molecule has 3 N–H and O–H groups in total. The smallest absolute Gasteiger partial charge is 0.252 e. The normalized spacial score (nSPS) is 11.3. The molecule has 0 unspecified atom stereocenters. The molecule has 0 bridgehead atoms. The zero-order valence-corrected chi connectivity index (χ0v) is 12.5. The number of benzene rings is 1. The van der Waals surface area contributed by atoms with Crippen LogP contribution in [0.4, 0.5) is 5.69 Å². The standard InChI is InChI=1S/C13H19BrN2O2/c1-4-18-13(2,3)8-16-12(17)9-6-5-7-10(15)11(9)14/h5-7H,4,8,15H2,1-3H3,(H,16,17). The van der Waals surface area contributed by atoms with Crippen LogP contribution < -0.4 is 11.1 Å². The Morgan fingerprint density at radius 3 is 2.78 bits per heavy atom. The second kappa shape index (κ2) is 6.20. The highest BCUT2D eigenvalue weighted by atomic mass is 79.9. The van der Waals surface area contributed by atoms with Gasteiger partial charge in [0.05, 0.1) is 15.6 Å². The van der Waals surface area contributed by atoms with E-state index in [4.69, 9.17) is 10.5 Å². The van der Waals surface area contributed by atoms with Crippen LogP contribution in [0.3, 0.4) is 0 Å². The van der Waals surface area contributed by atoms with Crippen molar-refractivity contribution in [3.63, 3.8) is 0 Å². The number of carbonyl (C=O) groups excluding carboxylic acids is 1. The van der Waals surface area contributed by atoms with E-state index in [1.165, 1.54) is 0 Å². The molecular weight excluding hydrogens is 296 g/mol. The van der Waals surface area contributed by atoms with Gasteiger partial charge in [-0.3, -0.25) is 4.79 Å². The Hall–Kier alpha value is -1.07. The molecule has 0 aliphatic heterocycles. The highest BCUT2D eigenvalue weighted by Gasteiger charge is 2.20. The van der Waals surface area contributed by atoms with E-state index in [9.17, 15) is 4.79 Å². The van der Waals surface area contributed by atoms with Gasteiger partial charge in [-0.15, -0.1) is 0 Å². The third-order valence-corrected chi connectivity index (χ3v) is 3.37. The number of amides is 1.